The van der Waals surface area contributed by atoms with Gasteiger partial charge in [0.25, 0.3) is 0 Å². The van der Waals surface area contributed by atoms with E-state index in [1.54, 1.807) is 6.08 Å². The molecule has 1 aliphatic carbocycles. The molecule has 0 spiro atoms. The van der Waals surface area contributed by atoms with E-state index in [4.69, 9.17) is 0 Å². The Bertz CT molecular complexity index is 628. The van der Waals surface area contributed by atoms with Gasteiger partial charge in [0, 0.05) is 11.9 Å². The van der Waals surface area contributed by atoms with Crippen LogP contribution in [0.15, 0.2) is 30.5 Å². The molecular formula is C17H18F6N2O. The Hall–Kier alpha value is -2.19. The molecule has 144 valence electrons. The number of amides is 2. The summed E-state index contributed by atoms with van der Waals surface area (Å²) in [7, 11) is 0. The zero-order chi connectivity index (χ0) is 19.4. The molecule has 2 N–H and O–H groups in total. The first-order valence-corrected chi connectivity index (χ1v) is 8.09. The Morgan fingerprint density at radius 1 is 0.923 bits per heavy atom. The number of hydrogen-bond acceptors (Lipinski definition) is 1. The van der Waals surface area contributed by atoms with Crippen molar-refractivity contribution in [1.82, 2.24) is 5.32 Å². The maximum absolute atomic E-state index is 12.8. The van der Waals surface area contributed by atoms with E-state index < -0.39 is 35.2 Å². The highest BCUT2D eigenvalue weighted by atomic mass is 19.4. The maximum Gasteiger partial charge on any atom is 0.416 e. The summed E-state index contributed by atoms with van der Waals surface area (Å²) < 4.78 is 76.7. The topological polar surface area (TPSA) is 41.1 Å². The summed E-state index contributed by atoms with van der Waals surface area (Å²) in [5.74, 6) is 0.314. The second-order valence-electron chi connectivity index (χ2n) is 6.15. The van der Waals surface area contributed by atoms with Crippen LogP contribution in [0, 0.1) is 5.92 Å². The lowest BCUT2D eigenvalue weighted by Crippen LogP contribution is -2.25. The summed E-state index contributed by atoms with van der Waals surface area (Å²) >= 11 is 0. The van der Waals surface area contributed by atoms with Crippen LogP contribution in [0.2, 0.25) is 0 Å². The van der Waals surface area contributed by atoms with Crippen LogP contribution in [0.1, 0.15) is 43.2 Å². The summed E-state index contributed by atoms with van der Waals surface area (Å²) in [4.78, 5) is 11.7. The zero-order valence-electron chi connectivity index (χ0n) is 13.7. The third kappa shape index (κ3) is 5.96. The van der Waals surface area contributed by atoms with Crippen molar-refractivity contribution < 1.29 is 31.1 Å². The Balaban J connectivity index is 2.07. The van der Waals surface area contributed by atoms with E-state index in [1.165, 1.54) is 6.20 Å². The number of hydrogen-bond donors (Lipinski definition) is 2. The van der Waals surface area contributed by atoms with Crippen LogP contribution in [0.25, 0.3) is 0 Å². The first-order chi connectivity index (χ1) is 12.1. The molecule has 3 nitrogen and oxygen atoms in total. The van der Waals surface area contributed by atoms with Gasteiger partial charge in [-0.1, -0.05) is 25.3 Å². The molecule has 26 heavy (non-hydrogen) atoms. The van der Waals surface area contributed by atoms with Gasteiger partial charge in [-0.2, -0.15) is 26.3 Å². The summed E-state index contributed by atoms with van der Waals surface area (Å²) in [5, 5.41) is 4.31. The number of alkyl halides is 6. The van der Waals surface area contributed by atoms with Crippen molar-refractivity contribution in [3.05, 3.63) is 41.6 Å². The number of allylic oxidation sites excluding steroid dienone is 1. The van der Waals surface area contributed by atoms with Crippen molar-refractivity contribution in [2.75, 3.05) is 5.32 Å². The van der Waals surface area contributed by atoms with Crippen LogP contribution in [0.4, 0.5) is 36.8 Å². The lowest BCUT2D eigenvalue weighted by molar-refractivity contribution is -0.143. The van der Waals surface area contributed by atoms with E-state index in [2.05, 4.69) is 5.32 Å². The largest absolute Gasteiger partial charge is 0.416 e. The van der Waals surface area contributed by atoms with E-state index in [9.17, 15) is 31.1 Å². The fourth-order valence-electron chi connectivity index (χ4n) is 2.78. The van der Waals surface area contributed by atoms with Crippen LogP contribution in [-0.2, 0) is 12.4 Å². The number of nitrogens with one attached hydrogen (secondary N) is 2. The summed E-state index contributed by atoms with van der Waals surface area (Å²) in [6.07, 6.45) is -1.46. The van der Waals surface area contributed by atoms with Crippen molar-refractivity contribution in [3.8, 4) is 0 Å². The van der Waals surface area contributed by atoms with Gasteiger partial charge in [0.15, 0.2) is 0 Å². The normalized spacial score (nSPS) is 16.7. The predicted molar refractivity (Wildman–Crippen MR) is 84.3 cm³/mol. The lowest BCUT2D eigenvalue weighted by Gasteiger charge is -2.17. The molecule has 0 radical (unpaired) electrons. The molecule has 1 aromatic rings. The molecular weight excluding hydrogens is 362 g/mol. The van der Waals surface area contributed by atoms with Crippen LogP contribution >= 0.6 is 0 Å². The SMILES string of the molecule is O=C(N/C=C/C1CCCCC1)Nc1cc(C(F)(F)F)cc(C(F)(F)F)c1. The summed E-state index contributed by atoms with van der Waals surface area (Å²) in [6.45, 7) is 0. The number of carbonyl (C=O) groups is 1. The third-order valence-electron chi connectivity index (χ3n) is 4.08. The Morgan fingerprint density at radius 3 is 1.96 bits per heavy atom. The minimum atomic E-state index is -4.96. The third-order valence-corrected chi connectivity index (χ3v) is 4.08. The van der Waals surface area contributed by atoms with E-state index in [0.717, 1.165) is 32.1 Å². The van der Waals surface area contributed by atoms with Crippen molar-refractivity contribution in [2.24, 2.45) is 5.92 Å². The van der Waals surface area contributed by atoms with Crippen molar-refractivity contribution in [2.45, 2.75) is 44.5 Å². The molecule has 0 aliphatic heterocycles. The van der Waals surface area contributed by atoms with Gasteiger partial charge in [0.05, 0.1) is 11.1 Å². The molecule has 9 heteroatoms. The summed E-state index contributed by atoms with van der Waals surface area (Å²) in [5.41, 5.74) is -3.56. The van der Waals surface area contributed by atoms with E-state index in [0.29, 0.717) is 18.1 Å². The molecule has 2 rings (SSSR count). The first kappa shape index (κ1) is 20.1. The molecule has 0 aromatic heterocycles. The number of anilines is 1. The number of halogens is 6. The molecule has 1 fully saturated rings. The molecule has 0 saturated heterocycles. The van der Waals surface area contributed by atoms with Crippen LogP contribution in [0.5, 0.6) is 0 Å². The molecule has 0 atom stereocenters. The van der Waals surface area contributed by atoms with Gasteiger partial charge >= 0.3 is 18.4 Å². The zero-order valence-corrected chi connectivity index (χ0v) is 13.7. The highest BCUT2D eigenvalue weighted by Crippen LogP contribution is 2.37. The molecule has 0 heterocycles. The summed E-state index contributed by atoms with van der Waals surface area (Å²) in [6, 6.07) is 0.00953. The number of rotatable bonds is 3. The van der Waals surface area contributed by atoms with Crippen LogP contribution in [0.3, 0.4) is 0 Å². The first-order valence-electron chi connectivity index (χ1n) is 8.09. The Morgan fingerprint density at radius 2 is 1.46 bits per heavy atom. The van der Waals surface area contributed by atoms with Gasteiger partial charge < -0.3 is 10.6 Å². The molecule has 0 unspecified atom stereocenters. The monoisotopic (exact) mass is 380 g/mol. The van der Waals surface area contributed by atoms with E-state index in [1.807, 2.05) is 5.32 Å². The standard InChI is InChI=1S/C17H18F6N2O/c18-16(19,20)12-8-13(17(21,22)23)10-14(9-12)25-15(26)24-7-6-11-4-2-1-3-5-11/h6-11H,1-5H2,(H2,24,25,26)/b7-6+. The number of urea groups is 1. The molecule has 1 aromatic carbocycles. The van der Waals surface area contributed by atoms with Gasteiger partial charge in [-0.25, -0.2) is 4.79 Å². The average molecular weight is 380 g/mol. The van der Waals surface area contributed by atoms with Crippen LogP contribution in [-0.4, -0.2) is 6.03 Å². The minimum absolute atomic E-state index is 0.00602. The fraction of sp³-hybridized carbons (Fsp3) is 0.471. The van der Waals surface area contributed by atoms with Gasteiger partial charge in [-0.15, -0.1) is 0 Å². The van der Waals surface area contributed by atoms with Gasteiger partial charge in [0.2, 0.25) is 0 Å². The number of benzene rings is 1. The highest BCUT2D eigenvalue weighted by molar-refractivity contribution is 5.90. The smallest absolute Gasteiger partial charge is 0.315 e. The highest BCUT2D eigenvalue weighted by Gasteiger charge is 2.37. The predicted octanol–water partition coefficient (Wildman–Crippen LogP) is 5.94. The van der Waals surface area contributed by atoms with Crippen LogP contribution < -0.4 is 10.6 Å². The van der Waals surface area contributed by atoms with Crippen molar-refractivity contribution >= 4 is 11.7 Å². The second-order valence-corrected chi connectivity index (χ2v) is 6.15. The van der Waals surface area contributed by atoms with Gasteiger partial charge in [-0.05, 0) is 37.0 Å². The quantitative estimate of drug-likeness (QED) is 0.626. The fourth-order valence-corrected chi connectivity index (χ4v) is 2.78. The van der Waals surface area contributed by atoms with Crippen molar-refractivity contribution in [3.63, 3.8) is 0 Å². The second kappa shape index (κ2) is 8.01. The molecule has 1 aliphatic rings. The lowest BCUT2D eigenvalue weighted by atomic mass is 9.89. The maximum atomic E-state index is 12.8. The molecule has 1 saturated carbocycles. The number of carbonyl (C=O) groups excluding carboxylic acids is 1. The van der Waals surface area contributed by atoms with E-state index >= 15 is 0 Å². The minimum Gasteiger partial charge on any atom is -0.315 e. The van der Waals surface area contributed by atoms with Crippen molar-refractivity contribution in [1.29, 1.82) is 0 Å². The Kier molecular flexibility index (Phi) is 6.20. The van der Waals surface area contributed by atoms with Gasteiger partial charge in [0.1, 0.15) is 0 Å². The molecule has 0 bridgehead atoms. The average Bonchev–Trinajstić information content (AvgIpc) is 2.54. The Labute approximate surface area is 146 Å². The van der Waals surface area contributed by atoms with Gasteiger partial charge in [-0.3, -0.25) is 0 Å². The van der Waals surface area contributed by atoms with E-state index in [-0.39, 0.29) is 6.07 Å². The molecule has 2 amide bonds.